The average molecular weight is 368 g/mol. The van der Waals surface area contributed by atoms with Gasteiger partial charge in [0.2, 0.25) is 5.91 Å². The molecule has 7 heteroatoms. The highest BCUT2D eigenvalue weighted by Gasteiger charge is 2.53. The van der Waals surface area contributed by atoms with Crippen molar-refractivity contribution in [1.82, 2.24) is 5.32 Å². The molecule has 1 aliphatic rings. The third-order valence-corrected chi connectivity index (χ3v) is 4.19. The van der Waals surface area contributed by atoms with Crippen LogP contribution in [-0.2, 0) is 20.8 Å². The van der Waals surface area contributed by atoms with Gasteiger partial charge in [-0.05, 0) is 29.8 Å². The lowest BCUT2D eigenvalue weighted by atomic mass is 10.1. The molecular formula is C20H20N2O5. The van der Waals surface area contributed by atoms with E-state index in [1.54, 1.807) is 24.3 Å². The number of amides is 2. The number of para-hydroxylation sites is 1. The number of carboxylic acid groups (broad SMARTS) is 1. The summed E-state index contributed by atoms with van der Waals surface area (Å²) < 4.78 is 5.86. The lowest BCUT2D eigenvalue weighted by Crippen LogP contribution is -2.35. The number of carbonyl (C=O) groups is 3. The third kappa shape index (κ3) is 5.07. The Hall–Kier alpha value is -3.35. The zero-order valence-corrected chi connectivity index (χ0v) is 14.6. The summed E-state index contributed by atoms with van der Waals surface area (Å²) in [4.78, 5) is 34.6. The monoisotopic (exact) mass is 368 g/mol. The zero-order chi connectivity index (χ0) is 19.3. The van der Waals surface area contributed by atoms with Gasteiger partial charge in [-0.25, -0.2) is 0 Å². The maximum Gasteiger partial charge on any atom is 0.322 e. The predicted molar refractivity (Wildman–Crippen MR) is 98.5 cm³/mol. The molecule has 0 unspecified atom stereocenters. The van der Waals surface area contributed by atoms with E-state index in [-0.39, 0.29) is 18.2 Å². The number of carboxylic acids is 1. The molecule has 0 radical (unpaired) electrons. The Morgan fingerprint density at radius 3 is 2.26 bits per heavy atom. The fraction of sp³-hybridized carbons (Fsp3) is 0.250. The first-order valence-electron chi connectivity index (χ1n) is 8.60. The van der Waals surface area contributed by atoms with E-state index < -0.39 is 18.1 Å². The summed E-state index contributed by atoms with van der Waals surface area (Å²) in [5, 5.41) is 13.7. The van der Waals surface area contributed by atoms with E-state index in [2.05, 4.69) is 10.6 Å². The summed E-state index contributed by atoms with van der Waals surface area (Å²) in [5.74, 6) is -0.998. The van der Waals surface area contributed by atoms with Crippen LogP contribution in [0.4, 0.5) is 5.69 Å². The molecule has 0 saturated heterocycles. The van der Waals surface area contributed by atoms with Gasteiger partial charge in [-0.3, -0.25) is 14.4 Å². The Morgan fingerprint density at radius 2 is 1.67 bits per heavy atom. The topological polar surface area (TPSA) is 105 Å². The molecule has 2 amide bonds. The first-order valence-corrected chi connectivity index (χ1v) is 8.60. The standard InChI is InChI=1S/C20H20N2O5/c23-17(21-13-18(24)25)12-14-6-8-15(9-7-14)22-19(26)20(10-11-20)27-16-4-2-1-3-5-16/h1-9H,10-13H2,(H,21,23)(H,22,26)(H,24,25). The van der Waals surface area contributed by atoms with Crippen molar-refractivity contribution in [2.75, 3.05) is 11.9 Å². The third-order valence-electron chi connectivity index (χ3n) is 4.19. The van der Waals surface area contributed by atoms with E-state index in [1.165, 1.54) is 0 Å². The van der Waals surface area contributed by atoms with Crippen LogP contribution in [0.15, 0.2) is 54.6 Å². The van der Waals surface area contributed by atoms with Gasteiger partial charge >= 0.3 is 5.97 Å². The second-order valence-electron chi connectivity index (χ2n) is 6.41. The van der Waals surface area contributed by atoms with Crippen LogP contribution in [0.2, 0.25) is 0 Å². The fourth-order valence-electron chi connectivity index (χ4n) is 2.58. The summed E-state index contributed by atoms with van der Waals surface area (Å²) >= 11 is 0. The molecule has 2 aromatic rings. The Labute approximate surface area is 156 Å². The molecule has 1 fully saturated rings. The molecule has 3 rings (SSSR count). The van der Waals surface area contributed by atoms with Crippen molar-refractivity contribution < 1.29 is 24.2 Å². The summed E-state index contributed by atoms with van der Waals surface area (Å²) in [6.07, 6.45) is 1.40. The number of ether oxygens (including phenoxy) is 1. The van der Waals surface area contributed by atoms with Gasteiger partial charge in [0.05, 0.1) is 6.42 Å². The van der Waals surface area contributed by atoms with Crippen LogP contribution in [0, 0.1) is 0 Å². The van der Waals surface area contributed by atoms with Crippen LogP contribution in [-0.4, -0.2) is 35.0 Å². The first kappa shape index (κ1) is 18.4. The van der Waals surface area contributed by atoms with Crippen molar-refractivity contribution in [1.29, 1.82) is 0 Å². The van der Waals surface area contributed by atoms with Crippen molar-refractivity contribution >= 4 is 23.5 Å². The molecule has 1 aliphatic carbocycles. The molecule has 0 aromatic heterocycles. The highest BCUT2D eigenvalue weighted by molar-refractivity contribution is 5.99. The number of hydrogen-bond donors (Lipinski definition) is 3. The Bertz CT molecular complexity index is 829. The van der Waals surface area contributed by atoms with E-state index >= 15 is 0 Å². The van der Waals surface area contributed by atoms with E-state index in [0.717, 1.165) is 5.56 Å². The molecule has 7 nitrogen and oxygen atoms in total. The molecule has 2 aromatic carbocycles. The van der Waals surface area contributed by atoms with Crippen LogP contribution >= 0.6 is 0 Å². The quantitative estimate of drug-likeness (QED) is 0.661. The van der Waals surface area contributed by atoms with Crippen molar-refractivity contribution in [2.24, 2.45) is 0 Å². The van der Waals surface area contributed by atoms with Gasteiger partial charge in [0.25, 0.3) is 5.91 Å². The normalized spacial score (nSPS) is 14.1. The Morgan fingerprint density at radius 1 is 1.00 bits per heavy atom. The maximum atomic E-state index is 12.6. The largest absolute Gasteiger partial charge is 0.480 e. The molecule has 1 saturated carbocycles. The van der Waals surface area contributed by atoms with E-state index in [1.807, 2.05) is 30.3 Å². The number of anilines is 1. The number of aliphatic carboxylic acids is 1. The second kappa shape index (κ2) is 7.90. The molecule has 0 heterocycles. The SMILES string of the molecule is O=C(O)CNC(=O)Cc1ccc(NC(=O)C2(Oc3ccccc3)CC2)cc1. The average Bonchev–Trinajstić information content (AvgIpc) is 3.43. The van der Waals surface area contributed by atoms with Crippen molar-refractivity contribution in [3.8, 4) is 5.75 Å². The molecule has 0 spiro atoms. The lowest BCUT2D eigenvalue weighted by Gasteiger charge is -2.18. The minimum atomic E-state index is -1.09. The van der Waals surface area contributed by atoms with Crippen LogP contribution in [0.25, 0.3) is 0 Å². The lowest BCUT2D eigenvalue weighted by molar-refractivity contribution is -0.137. The molecule has 140 valence electrons. The molecule has 0 bridgehead atoms. The van der Waals surface area contributed by atoms with E-state index in [0.29, 0.717) is 24.3 Å². The summed E-state index contributed by atoms with van der Waals surface area (Å²) in [6, 6.07) is 16.1. The van der Waals surface area contributed by atoms with Gasteiger partial charge in [-0.2, -0.15) is 0 Å². The van der Waals surface area contributed by atoms with Crippen LogP contribution in [0.1, 0.15) is 18.4 Å². The van der Waals surface area contributed by atoms with Crippen molar-refractivity contribution in [3.05, 3.63) is 60.2 Å². The summed E-state index contributed by atoms with van der Waals surface area (Å²) in [7, 11) is 0. The van der Waals surface area contributed by atoms with E-state index in [9.17, 15) is 14.4 Å². The van der Waals surface area contributed by atoms with Crippen LogP contribution in [0.5, 0.6) is 5.75 Å². The smallest absolute Gasteiger partial charge is 0.322 e. The molecular weight excluding hydrogens is 348 g/mol. The highest BCUT2D eigenvalue weighted by Crippen LogP contribution is 2.41. The zero-order valence-electron chi connectivity index (χ0n) is 14.6. The molecule has 0 atom stereocenters. The minimum absolute atomic E-state index is 0.0720. The Balaban J connectivity index is 1.54. The van der Waals surface area contributed by atoms with Gasteiger partial charge in [0, 0.05) is 18.5 Å². The van der Waals surface area contributed by atoms with Gasteiger partial charge in [-0.1, -0.05) is 30.3 Å². The molecule has 0 aliphatic heterocycles. The van der Waals surface area contributed by atoms with Gasteiger partial charge < -0.3 is 20.5 Å². The first-order chi connectivity index (χ1) is 13.0. The molecule has 3 N–H and O–H groups in total. The van der Waals surface area contributed by atoms with E-state index in [4.69, 9.17) is 9.84 Å². The van der Waals surface area contributed by atoms with Gasteiger partial charge in [-0.15, -0.1) is 0 Å². The number of rotatable bonds is 8. The Kier molecular flexibility index (Phi) is 5.40. The molecule has 27 heavy (non-hydrogen) atoms. The highest BCUT2D eigenvalue weighted by atomic mass is 16.5. The number of hydrogen-bond acceptors (Lipinski definition) is 4. The number of benzene rings is 2. The minimum Gasteiger partial charge on any atom is -0.480 e. The number of carbonyl (C=O) groups excluding carboxylic acids is 2. The maximum absolute atomic E-state index is 12.6. The second-order valence-corrected chi connectivity index (χ2v) is 6.41. The summed E-state index contributed by atoms with van der Waals surface area (Å²) in [6.45, 7) is -0.406. The predicted octanol–water partition coefficient (Wildman–Crippen LogP) is 1.98. The number of nitrogens with one attached hydrogen (secondary N) is 2. The fourth-order valence-corrected chi connectivity index (χ4v) is 2.58. The van der Waals surface area contributed by atoms with Gasteiger partial charge in [0.15, 0.2) is 5.60 Å². The van der Waals surface area contributed by atoms with Crippen LogP contribution < -0.4 is 15.4 Å². The van der Waals surface area contributed by atoms with Crippen molar-refractivity contribution in [2.45, 2.75) is 24.9 Å². The van der Waals surface area contributed by atoms with Gasteiger partial charge in [0.1, 0.15) is 12.3 Å². The van der Waals surface area contributed by atoms with Crippen molar-refractivity contribution in [3.63, 3.8) is 0 Å². The van der Waals surface area contributed by atoms with Crippen LogP contribution in [0.3, 0.4) is 0 Å². The summed E-state index contributed by atoms with van der Waals surface area (Å²) in [5.41, 5.74) is 0.506.